The first-order chi connectivity index (χ1) is 9.59. The molecule has 1 atom stereocenters. The molecule has 3 rings (SSSR count). The molecule has 20 heavy (non-hydrogen) atoms. The summed E-state index contributed by atoms with van der Waals surface area (Å²) in [6.07, 6.45) is 3.70. The lowest BCUT2D eigenvalue weighted by Crippen LogP contribution is -2.34. The number of pyridine rings is 1. The summed E-state index contributed by atoms with van der Waals surface area (Å²) in [7, 11) is 0. The zero-order valence-corrected chi connectivity index (χ0v) is 11.8. The van der Waals surface area contributed by atoms with Crippen LogP contribution in [0.15, 0.2) is 60.9 Å². The Labute approximate surface area is 119 Å². The largest absolute Gasteiger partial charge is 0.318 e. The number of hydrogen-bond acceptors (Lipinski definition) is 2. The predicted octanol–water partition coefficient (Wildman–Crippen LogP) is 3.77. The summed E-state index contributed by atoms with van der Waals surface area (Å²) in [4.78, 5) is 4.18. The molecule has 1 heterocycles. The molecule has 100 valence electrons. The number of hydrogen-bond donors (Lipinski definition) is 1. The van der Waals surface area contributed by atoms with E-state index in [1.807, 2.05) is 24.5 Å². The van der Waals surface area contributed by atoms with E-state index in [1.165, 1.54) is 5.56 Å². The van der Waals surface area contributed by atoms with Crippen LogP contribution < -0.4 is 5.73 Å². The SMILES string of the molecule is Cc1ccc(C(C)(N)c2cccc3cnccc23)cc1. The van der Waals surface area contributed by atoms with Gasteiger partial charge >= 0.3 is 0 Å². The predicted molar refractivity (Wildman–Crippen MR) is 83.6 cm³/mol. The van der Waals surface area contributed by atoms with Crippen molar-refractivity contribution in [2.45, 2.75) is 19.4 Å². The summed E-state index contributed by atoms with van der Waals surface area (Å²) < 4.78 is 0. The summed E-state index contributed by atoms with van der Waals surface area (Å²) in [6.45, 7) is 4.15. The molecule has 0 saturated carbocycles. The van der Waals surface area contributed by atoms with Gasteiger partial charge in [-0.15, -0.1) is 0 Å². The van der Waals surface area contributed by atoms with E-state index >= 15 is 0 Å². The minimum Gasteiger partial charge on any atom is -0.318 e. The Bertz CT molecular complexity index is 737. The third kappa shape index (κ3) is 2.08. The molecular weight excluding hydrogens is 244 g/mol. The van der Waals surface area contributed by atoms with Crippen molar-refractivity contribution in [2.24, 2.45) is 5.73 Å². The highest BCUT2D eigenvalue weighted by atomic mass is 14.7. The van der Waals surface area contributed by atoms with Crippen molar-refractivity contribution in [2.75, 3.05) is 0 Å². The lowest BCUT2D eigenvalue weighted by Gasteiger charge is -2.27. The molecule has 0 spiro atoms. The van der Waals surface area contributed by atoms with Gasteiger partial charge in [-0.25, -0.2) is 0 Å². The van der Waals surface area contributed by atoms with Crippen LogP contribution in [0.2, 0.25) is 0 Å². The zero-order chi connectivity index (χ0) is 14.2. The van der Waals surface area contributed by atoms with E-state index in [2.05, 4.69) is 55.2 Å². The third-order valence-corrected chi connectivity index (χ3v) is 3.89. The summed E-state index contributed by atoms with van der Waals surface area (Å²) in [6, 6.07) is 16.7. The van der Waals surface area contributed by atoms with Crippen molar-refractivity contribution in [1.29, 1.82) is 0 Å². The quantitative estimate of drug-likeness (QED) is 0.763. The van der Waals surface area contributed by atoms with Gasteiger partial charge in [-0.1, -0.05) is 48.0 Å². The molecule has 1 aromatic heterocycles. The molecule has 0 aliphatic rings. The maximum Gasteiger partial charge on any atom is 0.0643 e. The smallest absolute Gasteiger partial charge is 0.0643 e. The maximum absolute atomic E-state index is 6.66. The number of fused-ring (bicyclic) bond motifs is 1. The molecule has 2 N–H and O–H groups in total. The molecule has 3 aromatic rings. The zero-order valence-electron chi connectivity index (χ0n) is 11.8. The number of benzene rings is 2. The fourth-order valence-electron chi connectivity index (χ4n) is 2.63. The lowest BCUT2D eigenvalue weighted by molar-refractivity contribution is 0.608. The number of aryl methyl sites for hydroxylation is 1. The monoisotopic (exact) mass is 262 g/mol. The van der Waals surface area contributed by atoms with Gasteiger partial charge in [0.15, 0.2) is 0 Å². The van der Waals surface area contributed by atoms with Crippen LogP contribution in [0.1, 0.15) is 23.6 Å². The average Bonchev–Trinajstić information content (AvgIpc) is 2.47. The standard InChI is InChI=1S/C18H18N2/c1-13-6-8-15(9-7-13)18(2,19)17-5-3-4-14-12-20-11-10-16(14)17/h3-12H,19H2,1-2H3. The summed E-state index contributed by atoms with van der Waals surface area (Å²) in [5.41, 5.74) is 9.62. The molecule has 0 aliphatic heterocycles. The first-order valence-corrected chi connectivity index (χ1v) is 6.78. The minimum atomic E-state index is -0.519. The Kier molecular flexibility index (Phi) is 3.03. The Hall–Kier alpha value is -2.19. The Morgan fingerprint density at radius 1 is 1.00 bits per heavy atom. The first kappa shape index (κ1) is 12.8. The molecule has 0 bridgehead atoms. The van der Waals surface area contributed by atoms with Crippen LogP contribution in [0.3, 0.4) is 0 Å². The van der Waals surface area contributed by atoms with Crippen molar-refractivity contribution < 1.29 is 0 Å². The van der Waals surface area contributed by atoms with Crippen LogP contribution in [0, 0.1) is 6.92 Å². The van der Waals surface area contributed by atoms with Gasteiger partial charge in [0, 0.05) is 17.8 Å². The third-order valence-electron chi connectivity index (χ3n) is 3.89. The Balaban J connectivity index is 2.20. The van der Waals surface area contributed by atoms with Crippen LogP contribution in [0.4, 0.5) is 0 Å². The van der Waals surface area contributed by atoms with Gasteiger partial charge in [0.25, 0.3) is 0 Å². The average molecular weight is 262 g/mol. The topological polar surface area (TPSA) is 38.9 Å². The van der Waals surface area contributed by atoms with Crippen molar-refractivity contribution in [3.05, 3.63) is 77.6 Å². The normalized spacial score (nSPS) is 14.2. The van der Waals surface area contributed by atoms with Crippen LogP contribution in [-0.4, -0.2) is 4.98 Å². The van der Waals surface area contributed by atoms with Gasteiger partial charge in [0.2, 0.25) is 0 Å². The summed E-state index contributed by atoms with van der Waals surface area (Å²) >= 11 is 0. The van der Waals surface area contributed by atoms with E-state index < -0.39 is 5.54 Å². The maximum atomic E-state index is 6.66. The lowest BCUT2D eigenvalue weighted by atomic mass is 9.83. The summed E-state index contributed by atoms with van der Waals surface area (Å²) in [5, 5.41) is 2.28. The minimum absolute atomic E-state index is 0.519. The van der Waals surface area contributed by atoms with Gasteiger partial charge in [0.1, 0.15) is 0 Å². The van der Waals surface area contributed by atoms with Crippen LogP contribution >= 0.6 is 0 Å². The van der Waals surface area contributed by atoms with Crippen LogP contribution in [0.25, 0.3) is 10.8 Å². The highest BCUT2D eigenvalue weighted by Crippen LogP contribution is 2.31. The van der Waals surface area contributed by atoms with E-state index in [1.54, 1.807) is 0 Å². The highest BCUT2D eigenvalue weighted by molar-refractivity contribution is 5.86. The van der Waals surface area contributed by atoms with E-state index in [0.29, 0.717) is 0 Å². The van der Waals surface area contributed by atoms with Crippen molar-refractivity contribution >= 4 is 10.8 Å². The molecule has 0 saturated heterocycles. The molecule has 0 radical (unpaired) electrons. The second-order valence-corrected chi connectivity index (χ2v) is 5.47. The highest BCUT2D eigenvalue weighted by Gasteiger charge is 2.25. The number of rotatable bonds is 2. The van der Waals surface area contributed by atoms with Crippen molar-refractivity contribution in [3.63, 3.8) is 0 Å². The second kappa shape index (κ2) is 4.73. The van der Waals surface area contributed by atoms with E-state index in [0.717, 1.165) is 21.9 Å². The molecular formula is C18H18N2. The van der Waals surface area contributed by atoms with Gasteiger partial charge in [-0.05, 0) is 36.4 Å². The number of nitrogens with zero attached hydrogens (tertiary/aromatic N) is 1. The van der Waals surface area contributed by atoms with E-state index in [9.17, 15) is 0 Å². The van der Waals surface area contributed by atoms with Gasteiger partial charge in [0.05, 0.1) is 5.54 Å². The van der Waals surface area contributed by atoms with Gasteiger partial charge < -0.3 is 5.73 Å². The van der Waals surface area contributed by atoms with Gasteiger partial charge in [-0.2, -0.15) is 0 Å². The fourth-order valence-corrected chi connectivity index (χ4v) is 2.63. The van der Waals surface area contributed by atoms with Crippen molar-refractivity contribution in [3.8, 4) is 0 Å². The first-order valence-electron chi connectivity index (χ1n) is 6.78. The van der Waals surface area contributed by atoms with Crippen LogP contribution in [-0.2, 0) is 5.54 Å². The molecule has 2 aromatic carbocycles. The molecule has 1 unspecified atom stereocenters. The molecule has 0 fully saturated rings. The van der Waals surface area contributed by atoms with Crippen LogP contribution in [0.5, 0.6) is 0 Å². The Morgan fingerprint density at radius 3 is 2.50 bits per heavy atom. The number of nitrogens with two attached hydrogens (primary N) is 1. The molecule has 2 nitrogen and oxygen atoms in total. The van der Waals surface area contributed by atoms with Crippen molar-refractivity contribution in [1.82, 2.24) is 4.98 Å². The molecule has 2 heteroatoms. The van der Waals surface area contributed by atoms with E-state index in [-0.39, 0.29) is 0 Å². The molecule has 0 amide bonds. The summed E-state index contributed by atoms with van der Waals surface area (Å²) in [5.74, 6) is 0. The molecule has 0 aliphatic carbocycles. The number of aromatic nitrogens is 1. The fraction of sp³-hybridized carbons (Fsp3) is 0.167. The Morgan fingerprint density at radius 2 is 1.75 bits per heavy atom. The van der Waals surface area contributed by atoms with Gasteiger partial charge in [-0.3, -0.25) is 4.98 Å². The second-order valence-electron chi connectivity index (χ2n) is 5.47. The van der Waals surface area contributed by atoms with E-state index in [4.69, 9.17) is 5.73 Å².